The minimum absolute atomic E-state index is 0. The molecule has 1 nitrogen and oxygen atoms in total. The molecule has 1 aromatic rings. The lowest BCUT2D eigenvalue weighted by atomic mass is 9.70. The van der Waals surface area contributed by atoms with E-state index in [9.17, 15) is 0 Å². The maximum absolute atomic E-state index is 6.25. The van der Waals surface area contributed by atoms with E-state index in [-0.39, 0.29) is 12.4 Å². The molecule has 16 heavy (non-hydrogen) atoms. The Bertz CT molecular complexity index is 369. The second-order valence-electron chi connectivity index (χ2n) is 5.24. The van der Waals surface area contributed by atoms with Crippen molar-refractivity contribution in [3.63, 3.8) is 0 Å². The molecule has 1 fully saturated rings. The van der Waals surface area contributed by atoms with Crippen molar-refractivity contribution < 1.29 is 0 Å². The Hall–Kier alpha value is -0.530. The highest BCUT2D eigenvalue weighted by atomic mass is 35.5. The molecule has 0 aromatic heterocycles. The van der Waals surface area contributed by atoms with Crippen LogP contribution < -0.4 is 5.73 Å². The second kappa shape index (κ2) is 4.38. The van der Waals surface area contributed by atoms with Gasteiger partial charge in [0.15, 0.2) is 0 Å². The van der Waals surface area contributed by atoms with Crippen LogP contribution in [0.3, 0.4) is 0 Å². The van der Waals surface area contributed by atoms with Crippen molar-refractivity contribution in [1.82, 2.24) is 0 Å². The van der Waals surface area contributed by atoms with Crippen LogP contribution in [0.1, 0.15) is 55.7 Å². The maximum Gasteiger partial charge on any atom is 0.0306 e. The van der Waals surface area contributed by atoms with Gasteiger partial charge in [0.2, 0.25) is 0 Å². The van der Waals surface area contributed by atoms with Gasteiger partial charge in [-0.05, 0) is 35.8 Å². The molecule has 1 atom stereocenters. The van der Waals surface area contributed by atoms with E-state index in [2.05, 4.69) is 24.3 Å². The fourth-order valence-corrected chi connectivity index (χ4v) is 3.65. The molecule has 0 radical (unpaired) electrons. The van der Waals surface area contributed by atoms with Crippen molar-refractivity contribution in [2.75, 3.05) is 0 Å². The van der Waals surface area contributed by atoms with Crippen molar-refractivity contribution in [3.05, 3.63) is 35.4 Å². The molecule has 0 amide bonds. The Morgan fingerprint density at radius 3 is 2.50 bits per heavy atom. The maximum atomic E-state index is 6.25. The van der Waals surface area contributed by atoms with Gasteiger partial charge in [0.05, 0.1) is 0 Å². The van der Waals surface area contributed by atoms with Crippen molar-refractivity contribution in [2.45, 2.75) is 50.0 Å². The van der Waals surface area contributed by atoms with Gasteiger partial charge in [-0.2, -0.15) is 0 Å². The third-order valence-electron chi connectivity index (χ3n) is 4.35. The summed E-state index contributed by atoms with van der Waals surface area (Å²) in [5, 5.41) is 0. The van der Waals surface area contributed by atoms with E-state index in [0.717, 1.165) is 0 Å². The molecule has 0 bridgehead atoms. The van der Waals surface area contributed by atoms with Crippen LogP contribution in [0.5, 0.6) is 0 Å². The molecule has 0 saturated heterocycles. The average molecular weight is 238 g/mol. The summed E-state index contributed by atoms with van der Waals surface area (Å²) in [6.07, 6.45) is 8.10. The van der Waals surface area contributed by atoms with Gasteiger partial charge in [-0.3, -0.25) is 0 Å². The Balaban J connectivity index is 0.000000963. The molecular weight excluding hydrogens is 218 g/mol. The summed E-state index contributed by atoms with van der Waals surface area (Å²) in [5.74, 6) is 0. The third kappa shape index (κ3) is 1.66. The molecule has 0 aliphatic heterocycles. The summed E-state index contributed by atoms with van der Waals surface area (Å²) in [6, 6.07) is 9.13. The lowest BCUT2D eigenvalue weighted by molar-refractivity contribution is 0.281. The molecule has 1 saturated carbocycles. The van der Waals surface area contributed by atoms with E-state index in [1.165, 1.54) is 44.1 Å². The molecule has 2 aliphatic rings. The summed E-state index contributed by atoms with van der Waals surface area (Å²) in [5.41, 5.74) is 9.69. The molecule has 1 spiro atoms. The predicted octanol–water partition coefficient (Wildman–Crippen LogP) is 3.71. The standard InChI is InChI=1S/C14H19N.ClH/c15-13-10-14(8-4-1-5-9-14)12-7-3-2-6-11(12)13;/h2-3,6-7,13H,1,4-5,8-10,15H2;1H. The highest BCUT2D eigenvalue weighted by molar-refractivity contribution is 5.85. The van der Waals surface area contributed by atoms with E-state index in [1.807, 2.05) is 0 Å². The first-order valence-electron chi connectivity index (χ1n) is 6.17. The molecule has 1 aromatic carbocycles. The summed E-state index contributed by atoms with van der Waals surface area (Å²) in [4.78, 5) is 0. The molecule has 88 valence electrons. The molecular formula is C14H20ClN. The van der Waals surface area contributed by atoms with E-state index < -0.39 is 0 Å². The van der Waals surface area contributed by atoms with Crippen molar-refractivity contribution in [3.8, 4) is 0 Å². The largest absolute Gasteiger partial charge is 0.324 e. The number of nitrogens with two attached hydrogens (primary N) is 1. The van der Waals surface area contributed by atoms with Gasteiger partial charge in [-0.25, -0.2) is 0 Å². The Labute approximate surface area is 104 Å². The van der Waals surface area contributed by atoms with Crippen LogP contribution in [0.25, 0.3) is 0 Å². The second-order valence-corrected chi connectivity index (χ2v) is 5.24. The first kappa shape index (κ1) is 11.9. The lowest BCUT2D eigenvalue weighted by Gasteiger charge is -2.34. The predicted molar refractivity (Wildman–Crippen MR) is 70.0 cm³/mol. The summed E-state index contributed by atoms with van der Waals surface area (Å²) in [7, 11) is 0. The fraction of sp³-hybridized carbons (Fsp3) is 0.571. The summed E-state index contributed by atoms with van der Waals surface area (Å²) < 4.78 is 0. The quantitative estimate of drug-likeness (QED) is 0.732. The molecule has 2 aliphatic carbocycles. The SMILES string of the molecule is Cl.NC1CC2(CCCCC2)c2ccccc21. The number of benzene rings is 1. The van der Waals surface area contributed by atoms with E-state index in [4.69, 9.17) is 5.73 Å². The van der Waals surface area contributed by atoms with Crippen molar-refractivity contribution in [2.24, 2.45) is 5.73 Å². The number of hydrogen-bond acceptors (Lipinski definition) is 1. The number of hydrogen-bond donors (Lipinski definition) is 1. The summed E-state index contributed by atoms with van der Waals surface area (Å²) in [6.45, 7) is 0. The minimum Gasteiger partial charge on any atom is -0.324 e. The smallest absolute Gasteiger partial charge is 0.0306 e. The van der Waals surface area contributed by atoms with Gasteiger partial charge in [-0.1, -0.05) is 43.5 Å². The summed E-state index contributed by atoms with van der Waals surface area (Å²) >= 11 is 0. The zero-order valence-electron chi connectivity index (χ0n) is 9.61. The Kier molecular flexibility index (Phi) is 3.27. The molecule has 2 N–H and O–H groups in total. The van der Waals surface area contributed by atoms with E-state index in [1.54, 1.807) is 5.56 Å². The molecule has 3 rings (SSSR count). The topological polar surface area (TPSA) is 26.0 Å². The highest BCUT2D eigenvalue weighted by Crippen LogP contribution is 2.51. The number of fused-ring (bicyclic) bond motifs is 2. The van der Waals surface area contributed by atoms with Crippen LogP contribution in [0.2, 0.25) is 0 Å². The monoisotopic (exact) mass is 237 g/mol. The Morgan fingerprint density at radius 1 is 1.06 bits per heavy atom. The number of halogens is 1. The first-order valence-corrected chi connectivity index (χ1v) is 6.17. The van der Waals surface area contributed by atoms with Crippen LogP contribution in [-0.4, -0.2) is 0 Å². The van der Waals surface area contributed by atoms with Gasteiger partial charge >= 0.3 is 0 Å². The van der Waals surface area contributed by atoms with Gasteiger partial charge < -0.3 is 5.73 Å². The van der Waals surface area contributed by atoms with Crippen LogP contribution in [-0.2, 0) is 5.41 Å². The van der Waals surface area contributed by atoms with E-state index >= 15 is 0 Å². The van der Waals surface area contributed by atoms with Crippen LogP contribution in [0.4, 0.5) is 0 Å². The van der Waals surface area contributed by atoms with Gasteiger partial charge in [0.1, 0.15) is 0 Å². The van der Waals surface area contributed by atoms with Crippen molar-refractivity contribution >= 4 is 12.4 Å². The molecule has 2 heteroatoms. The zero-order chi connectivity index (χ0) is 10.3. The number of rotatable bonds is 0. The van der Waals surface area contributed by atoms with Crippen LogP contribution in [0, 0.1) is 0 Å². The average Bonchev–Trinajstić information content (AvgIpc) is 2.55. The highest BCUT2D eigenvalue weighted by Gasteiger charge is 2.42. The zero-order valence-corrected chi connectivity index (χ0v) is 10.4. The van der Waals surface area contributed by atoms with Crippen LogP contribution in [0.15, 0.2) is 24.3 Å². The van der Waals surface area contributed by atoms with Gasteiger partial charge in [-0.15, -0.1) is 12.4 Å². The molecule has 0 heterocycles. The van der Waals surface area contributed by atoms with Gasteiger partial charge in [0, 0.05) is 6.04 Å². The first-order chi connectivity index (χ1) is 7.32. The minimum atomic E-state index is 0. The Morgan fingerprint density at radius 2 is 1.75 bits per heavy atom. The van der Waals surface area contributed by atoms with Gasteiger partial charge in [0.25, 0.3) is 0 Å². The van der Waals surface area contributed by atoms with Crippen molar-refractivity contribution in [1.29, 1.82) is 0 Å². The fourth-order valence-electron chi connectivity index (χ4n) is 3.65. The normalized spacial score (nSPS) is 26.2. The lowest BCUT2D eigenvalue weighted by Crippen LogP contribution is -2.26. The van der Waals surface area contributed by atoms with E-state index in [0.29, 0.717) is 11.5 Å². The molecule has 1 unspecified atom stereocenters. The third-order valence-corrected chi connectivity index (χ3v) is 4.35. The van der Waals surface area contributed by atoms with Crippen LogP contribution >= 0.6 is 12.4 Å².